The Labute approximate surface area is 60.4 Å². The van der Waals surface area contributed by atoms with Crippen LogP contribution in [-0.2, 0) is 0 Å². The third-order valence-electron chi connectivity index (χ3n) is 1.22. The van der Waals surface area contributed by atoms with E-state index in [4.69, 9.17) is 0 Å². The molecule has 50 valence electrons. The van der Waals surface area contributed by atoms with Crippen LogP contribution in [0.25, 0.3) is 0 Å². The summed E-state index contributed by atoms with van der Waals surface area (Å²) in [7, 11) is 1.14. The molecule has 0 saturated heterocycles. The summed E-state index contributed by atoms with van der Waals surface area (Å²) >= 11 is 0. The van der Waals surface area contributed by atoms with Gasteiger partial charge in [0.15, 0.2) is 0 Å². The van der Waals surface area contributed by atoms with Crippen LogP contribution in [0.5, 0.6) is 0 Å². The lowest BCUT2D eigenvalue weighted by Crippen LogP contribution is -1.77. The zero-order valence-corrected chi connectivity index (χ0v) is 8.06. The first kappa shape index (κ1) is 8.44. The van der Waals surface area contributed by atoms with Crippen molar-refractivity contribution in [1.82, 2.24) is 0 Å². The minimum absolute atomic E-state index is 1.02. The van der Waals surface area contributed by atoms with E-state index >= 15 is 0 Å². The molecule has 1 heteroatoms. The molecule has 0 radical (unpaired) electrons. The maximum atomic E-state index is 3.67. The SMILES string of the molecule is C=CCC(=C[SiH3])CC=C. The molecular formula is C8H14Si. The van der Waals surface area contributed by atoms with Crippen molar-refractivity contribution in [1.29, 1.82) is 0 Å². The molecule has 0 N–H and O–H groups in total. The van der Waals surface area contributed by atoms with E-state index < -0.39 is 0 Å². The van der Waals surface area contributed by atoms with E-state index in [0.717, 1.165) is 23.1 Å². The summed E-state index contributed by atoms with van der Waals surface area (Å²) in [6.07, 6.45) is 5.92. The quantitative estimate of drug-likeness (QED) is 0.407. The second-order valence-electron chi connectivity index (χ2n) is 1.93. The average molecular weight is 138 g/mol. The van der Waals surface area contributed by atoms with Gasteiger partial charge in [-0.2, -0.15) is 0 Å². The topological polar surface area (TPSA) is 0 Å². The fourth-order valence-electron chi connectivity index (χ4n) is 0.690. The summed E-state index contributed by atoms with van der Waals surface area (Å²) in [5, 5.41) is 0. The second kappa shape index (κ2) is 5.57. The Hall–Kier alpha value is -0.563. The fraction of sp³-hybridized carbons (Fsp3) is 0.250. The lowest BCUT2D eigenvalue weighted by Gasteiger charge is -1.96. The van der Waals surface area contributed by atoms with Crippen molar-refractivity contribution in [3.8, 4) is 0 Å². The van der Waals surface area contributed by atoms with E-state index in [-0.39, 0.29) is 0 Å². The second-order valence-corrected chi connectivity index (χ2v) is 2.51. The monoisotopic (exact) mass is 138 g/mol. The van der Waals surface area contributed by atoms with Gasteiger partial charge < -0.3 is 0 Å². The fourth-order valence-corrected chi connectivity index (χ4v) is 1.16. The minimum atomic E-state index is 1.02. The van der Waals surface area contributed by atoms with Crippen molar-refractivity contribution in [3.05, 3.63) is 36.6 Å². The van der Waals surface area contributed by atoms with Gasteiger partial charge in [-0.25, -0.2) is 0 Å². The predicted octanol–water partition coefficient (Wildman–Crippen LogP) is 1.39. The third kappa shape index (κ3) is 3.97. The first-order chi connectivity index (χ1) is 4.35. The van der Waals surface area contributed by atoms with Crippen LogP contribution in [0.15, 0.2) is 36.6 Å². The Morgan fingerprint density at radius 3 is 1.89 bits per heavy atom. The van der Waals surface area contributed by atoms with Crippen LogP contribution in [-0.4, -0.2) is 10.2 Å². The Morgan fingerprint density at radius 1 is 1.22 bits per heavy atom. The maximum absolute atomic E-state index is 3.67. The van der Waals surface area contributed by atoms with Gasteiger partial charge in [0, 0.05) is 10.2 Å². The number of hydrogen-bond donors (Lipinski definition) is 0. The molecule has 0 aliphatic heterocycles. The highest BCUT2D eigenvalue weighted by atomic mass is 28.1. The van der Waals surface area contributed by atoms with Gasteiger partial charge in [0.2, 0.25) is 0 Å². The Balaban J connectivity index is 3.68. The van der Waals surface area contributed by atoms with Crippen LogP contribution in [0.2, 0.25) is 0 Å². The van der Waals surface area contributed by atoms with E-state index in [1.807, 2.05) is 12.2 Å². The molecule has 0 aliphatic rings. The normalized spacial score (nSPS) is 8.44. The average Bonchev–Trinajstić information content (AvgIpc) is 1.88. The number of rotatable bonds is 4. The van der Waals surface area contributed by atoms with Crippen LogP contribution < -0.4 is 0 Å². The van der Waals surface area contributed by atoms with E-state index in [2.05, 4.69) is 18.9 Å². The molecule has 0 rings (SSSR count). The minimum Gasteiger partial charge on any atom is -0.106 e. The first-order valence-electron chi connectivity index (χ1n) is 3.21. The lowest BCUT2D eigenvalue weighted by molar-refractivity contribution is 1.12. The third-order valence-corrected chi connectivity index (χ3v) is 2.04. The summed E-state index contributed by atoms with van der Waals surface area (Å²) < 4.78 is 0. The highest BCUT2D eigenvalue weighted by molar-refractivity contribution is 6.17. The molecule has 9 heavy (non-hydrogen) atoms. The van der Waals surface area contributed by atoms with Crippen LogP contribution in [0.4, 0.5) is 0 Å². The molecule has 0 fully saturated rings. The lowest BCUT2D eigenvalue weighted by atomic mass is 10.1. The van der Waals surface area contributed by atoms with E-state index in [1.54, 1.807) is 0 Å². The van der Waals surface area contributed by atoms with Crippen LogP contribution >= 0.6 is 0 Å². The largest absolute Gasteiger partial charge is 0.106 e. The van der Waals surface area contributed by atoms with Crippen molar-refractivity contribution in [3.63, 3.8) is 0 Å². The summed E-state index contributed by atoms with van der Waals surface area (Å²) in [6, 6.07) is 0. The van der Waals surface area contributed by atoms with Gasteiger partial charge >= 0.3 is 0 Å². The van der Waals surface area contributed by atoms with Crippen molar-refractivity contribution in [2.45, 2.75) is 12.8 Å². The molecule has 0 aliphatic carbocycles. The first-order valence-corrected chi connectivity index (χ1v) is 4.36. The summed E-state index contributed by atoms with van der Waals surface area (Å²) in [6.45, 7) is 7.34. The number of hydrogen-bond acceptors (Lipinski definition) is 0. The zero-order chi connectivity index (χ0) is 7.11. The molecule has 0 heterocycles. The molecule has 0 bridgehead atoms. The van der Waals surface area contributed by atoms with Crippen molar-refractivity contribution in [2.75, 3.05) is 0 Å². The van der Waals surface area contributed by atoms with Gasteiger partial charge in [-0.3, -0.25) is 0 Å². The molecule has 0 spiro atoms. The molecule has 0 aromatic carbocycles. The van der Waals surface area contributed by atoms with E-state index in [1.165, 1.54) is 5.57 Å². The highest BCUT2D eigenvalue weighted by Crippen LogP contribution is 2.05. The zero-order valence-electron chi connectivity index (χ0n) is 6.06. The van der Waals surface area contributed by atoms with Gasteiger partial charge in [0.05, 0.1) is 0 Å². The standard InChI is InChI=1S/C8H14Si/c1-3-5-8(7-9)6-4-2/h3-4,7H,1-2,5-6H2,9H3. The molecule has 0 aromatic heterocycles. The van der Waals surface area contributed by atoms with Crippen molar-refractivity contribution >= 4 is 10.2 Å². The highest BCUT2D eigenvalue weighted by Gasteiger charge is 1.86. The molecule has 0 nitrogen and oxygen atoms in total. The molecule has 0 unspecified atom stereocenters. The molecule has 0 amide bonds. The van der Waals surface area contributed by atoms with Crippen LogP contribution in [0, 0.1) is 0 Å². The van der Waals surface area contributed by atoms with Gasteiger partial charge in [-0.05, 0) is 12.8 Å². The predicted molar refractivity (Wildman–Crippen MR) is 47.7 cm³/mol. The summed E-state index contributed by atoms with van der Waals surface area (Å²) in [5.41, 5.74) is 3.70. The van der Waals surface area contributed by atoms with Gasteiger partial charge in [-0.1, -0.05) is 17.7 Å². The molecular weight excluding hydrogens is 124 g/mol. The smallest absolute Gasteiger partial charge is 0.0291 e. The maximum Gasteiger partial charge on any atom is 0.0291 e. The summed E-state index contributed by atoms with van der Waals surface area (Å²) in [5.74, 6) is 0. The Morgan fingerprint density at radius 2 is 1.67 bits per heavy atom. The van der Waals surface area contributed by atoms with Gasteiger partial charge in [0.1, 0.15) is 0 Å². The molecule has 0 atom stereocenters. The molecule has 0 aromatic rings. The number of allylic oxidation sites excluding steroid dienone is 3. The van der Waals surface area contributed by atoms with E-state index in [0.29, 0.717) is 0 Å². The van der Waals surface area contributed by atoms with Crippen LogP contribution in [0.3, 0.4) is 0 Å². The van der Waals surface area contributed by atoms with E-state index in [9.17, 15) is 0 Å². The summed E-state index contributed by atoms with van der Waals surface area (Å²) in [4.78, 5) is 0. The Kier molecular flexibility index (Phi) is 5.22. The van der Waals surface area contributed by atoms with Gasteiger partial charge in [0.25, 0.3) is 0 Å². The van der Waals surface area contributed by atoms with Crippen molar-refractivity contribution < 1.29 is 0 Å². The van der Waals surface area contributed by atoms with Crippen molar-refractivity contribution in [2.24, 2.45) is 0 Å². The Bertz CT molecular complexity index is 111. The van der Waals surface area contributed by atoms with Gasteiger partial charge in [-0.15, -0.1) is 18.9 Å². The molecule has 0 saturated carbocycles. The van der Waals surface area contributed by atoms with Crippen LogP contribution in [0.1, 0.15) is 12.8 Å².